The quantitative estimate of drug-likeness (QED) is 0.610. The Labute approximate surface area is 78.1 Å². The van der Waals surface area contributed by atoms with Crippen molar-refractivity contribution in [3.8, 4) is 0 Å². The maximum Gasteiger partial charge on any atom is 0.0966 e. The van der Waals surface area contributed by atoms with E-state index in [1.807, 2.05) is 18.2 Å². The Morgan fingerprint density at radius 2 is 1.92 bits per heavy atom. The Kier molecular flexibility index (Phi) is 2.44. The van der Waals surface area contributed by atoms with E-state index in [4.69, 9.17) is 0 Å². The maximum absolute atomic E-state index is 13.0. The predicted molar refractivity (Wildman–Crippen MR) is 52.2 cm³/mol. The van der Waals surface area contributed by atoms with Gasteiger partial charge in [0.1, 0.15) is 0 Å². The van der Waals surface area contributed by atoms with E-state index in [-0.39, 0.29) is 5.83 Å². The van der Waals surface area contributed by atoms with Gasteiger partial charge in [-0.25, -0.2) is 4.39 Å². The summed E-state index contributed by atoms with van der Waals surface area (Å²) in [5.41, 5.74) is 1.23. The van der Waals surface area contributed by atoms with Crippen LogP contribution in [-0.4, -0.2) is 0 Å². The molecule has 0 spiro atoms. The van der Waals surface area contributed by atoms with Crippen molar-refractivity contribution < 1.29 is 4.39 Å². The van der Waals surface area contributed by atoms with E-state index in [0.29, 0.717) is 12.3 Å². The van der Waals surface area contributed by atoms with Gasteiger partial charge in [0, 0.05) is 5.92 Å². The molecule has 13 heavy (non-hydrogen) atoms. The Morgan fingerprint density at radius 3 is 2.62 bits per heavy atom. The zero-order valence-electron chi connectivity index (χ0n) is 7.54. The van der Waals surface area contributed by atoms with Crippen LogP contribution in [0.5, 0.6) is 0 Å². The highest BCUT2D eigenvalue weighted by Gasteiger charge is 2.14. The predicted octanol–water partition coefficient (Wildman–Crippen LogP) is 3.81. The molecule has 1 aromatic rings. The molecule has 1 atom stereocenters. The van der Waals surface area contributed by atoms with E-state index in [0.717, 1.165) is 12.8 Å². The molecule has 0 fully saturated rings. The normalized spacial score (nSPS) is 22.5. The van der Waals surface area contributed by atoms with Gasteiger partial charge in [-0.2, -0.15) is 0 Å². The molecule has 0 bridgehead atoms. The van der Waals surface area contributed by atoms with Crippen LogP contribution >= 0.6 is 0 Å². The van der Waals surface area contributed by atoms with Crippen molar-refractivity contribution in [1.29, 1.82) is 0 Å². The molecule has 0 amide bonds. The van der Waals surface area contributed by atoms with Gasteiger partial charge in [0.25, 0.3) is 0 Å². The first-order chi connectivity index (χ1) is 6.36. The molecule has 1 aliphatic rings. The molecular formula is C12H13F. The van der Waals surface area contributed by atoms with Crippen molar-refractivity contribution in [2.45, 2.75) is 25.2 Å². The number of allylic oxidation sites excluding steroid dienone is 2. The lowest BCUT2D eigenvalue weighted by atomic mass is 9.89. The minimum absolute atomic E-state index is 0.0557. The molecule has 1 aromatic carbocycles. The molecular weight excluding hydrogens is 163 g/mol. The molecule has 0 aliphatic heterocycles. The zero-order valence-corrected chi connectivity index (χ0v) is 7.54. The lowest BCUT2D eigenvalue weighted by molar-refractivity contribution is 0.510. The highest BCUT2D eigenvalue weighted by atomic mass is 19.1. The summed E-state index contributed by atoms with van der Waals surface area (Å²) in [5, 5.41) is 0. The summed E-state index contributed by atoms with van der Waals surface area (Å²) in [6.07, 6.45) is 4.45. The number of hydrogen-bond donors (Lipinski definition) is 0. The molecule has 0 saturated carbocycles. The van der Waals surface area contributed by atoms with Gasteiger partial charge in [-0.3, -0.25) is 0 Å². The summed E-state index contributed by atoms with van der Waals surface area (Å²) in [5.74, 6) is 0.357. The van der Waals surface area contributed by atoms with Gasteiger partial charge in [0.2, 0.25) is 0 Å². The molecule has 0 N–H and O–H groups in total. The Balaban J connectivity index is 2.22. The van der Waals surface area contributed by atoms with E-state index < -0.39 is 0 Å². The van der Waals surface area contributed by atoms with Crippen LogP contribution in [0.2, 0.25) is 0 Å². The topological polar surface area (TPSA) is 0 Å². The molecule has 2 rings (SSSR count). The standard InChI is InChI=1S/C12H13F/c13-12-8-4-7-11(9-12)10-5-2-1-3-6-10/h1-3,5-6,9,11H,4,7-8H2. The lowest BCUT2D eigenvalue weighted by Gasteiger charge is -2.17. The summed E-state index contributed by atoms with van der Waals surface area (Å²) in [6.45, 7) is 0. The van der Waals surface area contributed by atoms with E-state index in [1.54, 1.807) is 6.08 Å². The maximum atomic E-state index is 13.0. The number of benzene rings is 1. The SMILES string of the molecule is FC1=CC(c2ccccc2)CCC1. The van der Waals surface area contributed by atoms with E-state index in [1.165, 1.54) is 5.56 Å². The third kappa shape index (κ3) is 1.97. The first-order valence-corrected chi connectivity index (χ1v) is 4.77. The van der Waals surface area contributed by atoms with Crippen LogP contribution in [0.25, 0.3) is 0 Å². The van der Waals surface area contributed by atoms with Gasteiger partial charge in [0.05, 0.1) is 5.83 Å². The summed E-state index contributed by atoms with van der Waals surface area (Å²) >= 11 is 0. The fourth-order valence-corrected chi connectivity index (χ4v) is 1.84. The molecule has 0 aromatic heterocycles. The fourth-order valence-electron chi connectivity index (χ4n) is 1.84. The van der Waals surface area contributed by atoms with Gasteiger partial charge < -0.3 is 0 Å². The third-order valence-electron chi connectivity index (χ3n) is 2.54. The molecule has 0 nitrogen and oxygen atoms in total. The van der Waals surface area contributed by atoms with Crippen molar-refractivity contribution in [2.75, 3.05) is 0 Å². The second-order valence-electron chi connectivity index (χ2n) is 3.52. The molecule has 0 radical (unpaired) electrons. The summed E-state index contributed by atoms with van der Waals surface area (Å²) in [6, 6.07) is 10.2. The van der Waals surface area contributed by atoms with Crippen LogP contribution < -0.4 is 0 Å². The summed E-state index contributed by atoms with van der Waals surface area (Å²) in [4.78, 5) is 0. The van der Waals surface area contributed by atoms with Crippen molar-refractivity contribution in [2.24, 2.45) is 0 Å². The Hall–Kier alpha value is -1.11. The smallest absolute Gasteiger partial charge is 0.0966 e. The van der Waals surface area contributed by atoms with E-state index >= 15 is 0 Å². The van der Waals surface area contributed by atoms with Crippen LogP contribution in [0.4, 0.5) is 4.39 Å². The van der Waals surface area contributed by atoms with Crippen molar-refractivity contribution in [1.82, 2.24) is 0 Å². The van der Waals surface area contributed by atoms with Gasteiger partial charge in [0.15, 0.2) is 0 Å². The number of halogens is 1. The largest absolute Gasteiger partial charge is 0.212 e. The van der Waals surface area contributed by atoms with Crippen LogP contribution in [-0.2, 0) is 0 Å². The van der Waals surface area contributed by atoms with E-state index in [2.05, 4.69) is 12.1 Å². The Morgan fingerprint density at radius 1 is 1.15 bits per heavy atom. The Bertz CT molecular complexity index is 300. The van der Waals surface area contributed by atoms with Crippen LogP contribution in [0.1, 0.15) is 30.7 Å². The monoisotopic (exact) mass is 176 g/mol. The number of hydrogen-bond acceptors (Lipinski definition) is 0. The summed E-state index contributed by atoms with van der Waals surface area (Å²) in [7, 11) is 0. The van der Waals surface area contributed by atoms with E-state index in [9.17, 15) is 4.39 Å². The van der Waals surface area contributed by atoms with Gasteiger partial charge in [-0.15, -0.1) is 0 Å². The average Bonchev–Trinajstić information content (AvgIpc) is 2.19. The second-order valence-corrected chi connectivity index (χ2v) is 3.52. The van der Waals surface area contributed by atoms with Gasteiger partial charge >= 0.3 is 0 Å². The molecule has 0 saturated heterocycles. The highest BCUT2D eigenvalue weighted by molar-refractivity contribution is 5.25. The molecule has 0 heterocycles. The van der Waals surface area contributed by atoms with Crippen molar-refractivity contribution >= 4 is 0 Å². The van der Waals surface area contributed by atoms with Crippen molar-refractivity contribution in [3.63, 3.8) is 0 Å². The van der Waals surface area contributed by atoms with Crippen LogP contribution in [0, 0.1) is 0 Å². The van der Waals surface area contributed by atoms with Crippen LogP contribution in [0.3, 0.4) is 0 Å². The first kappa shape index (κ1) is 8.49. The number of rotatable bonds is 1. The third-order valence-corrected chi connectivity index (χ3v) is 2.54. The first-order valence-electron chi connectivity index (χ1n) is 4.77. The zero-order chi connectivity index (χ0) is 9.10. The van der Waals surface area contributed by atoms with Gasteiger partial charge in [-0.1, -0.05) is 30.3 Å². The molecule has 1 aliphatic carbocycles. The average molecular weight is 176 g/mol. The molecule has 1 heteroatoms. The summed E-state index contributed by atoms with van der Waals surface area (Å²) < 4.78 is 13.0. The van der Waals surface area contributed by atoms with Crippen LogP contribution in [0.15, 0.2) is 42.2 Å². The minimum atomic E-state index is 0.0557. The second kappa shape index (κ2) is 3.73. The lowest BCUT2D eigenvalue weighted by Crippen LogP contribution is -2.00. The highest BCUT2D eigenvalue weighted by Crippen LogP contribution is 2.31. The van der Waals surface area contributed by atoms with Crippen molar-refractivity contribution in [3.05, 3.63) is 47.8 Å². The molecule has 1 unspecified atom stereocenters. The fraction of sp³-hybridized carbons (Fsp3) is 0.333. The minimum Gasteiger partial charge on any atom is -0.212 e. The van der Waals surface area contributed by atoms with Gasteiger partial charge in [-0.05, 0) is 30.9 Å². The molecule has 68 valence electrons.